The number of nitrogens with zero attached hydrogens (tertiary/aromatic N) is 3. The van der Waals surface area contributed by atoms with E-state index in [0.717, 1.165) is 53.8 Å². The molecule has 5 heterocycles. The van der Waals surface area contributed by atoms with Crippen LogP contribution in [0.3, 0.4) is 0 Å². The second-order valence-electron chi connectivity index (χ2n) is 20.2. The van der Waals surface area contributed by atoms with Gasteiger partial charge in [0.1, 0.15) is 12.5 Å². The maximum Gasteiger partial charge on any atom is 2.00 e. The quantitative estimate of drug-likeness (QED) is 0.0452. The monoisotopic (exact) mass is 912 g/mol. The van der Waals surface area contributed by atoms with E-state index in [1.165, 1.54) is 57.6 Å². The van der Waals surface area contributed by atoms with Crippen LogP contribution >= 0.6 is 0 Å². The zero-order valence-corrected chi connectivity index (χ0v) is 43.5. The van der Waals surface area contributed by atoms with Gasteiger partial charge in [0.05, 0.1) is 7.11 Å². The first-order chi connectivity index (χ1) is 30.9. The standard InChI is InChI=1S/C55H77N4O6.Mg/c1-13-39-34(7)41-29-46-48(38(11)60)36(9)43(57-46)27-42-35(8)40(52(58-42)50-51(55(63)64-12)54(62)49-37(10)44(59-53(49)50)28-45(39)56-41)23-24-47(61)65-26-25-33(6)22-16-21-32(5)20-15-19-31(4)18-14-17-30(2)3;/h25,27-32,34-35,39-40,51H,13-24,26H2,1-12H3,(H3-,56,57,58,59,60,62);/q-1;+2/p-2/b33-25+,42-27-,45-28-;. The SMILES string of the molecule is CCC1/C2=C/c3[n-]c4c(c3C)C(=O)C(C(=O)OC)/C4=C3/N/C(=C\c4[n-]c(c(C(C)=O)c4C)/C=C(\[N-]2)C1C)C(C)C3CCC(=O)OC/C=C(\C)CCCC(C)CCCC(C)CCCC(C)C.[Mg+2]. The van der Waals surface area contributed by atoms with Crippen LogP contribution in [0.2, 0.25) is 0 Å². The van der Waals surface area contributed by atoms with Crippen LogP contribution in [-0.4, -0.2) is 60.3 Å². The molecular weight excluding hydrogens is 837 g/mol. The number of hydrogen-bond donors (Lipinski definition) is 1. The molecule has 0 saturated carbocycles. The van der Waals surface area contributed by atoms with Gasteiger partial charge in [-0.15, -0.1) is 22.8 Å². The Labute approximate surface area is 411 Å². The van der Waals surface area contributed by atoms with Crippen LogP contribution < -0.4 is 15.3 Å². The van der Waals surface area contributed by atoms with E-state index >= 15 is 0 Å². The van der Waals surface area contributed by atoms with Crippen molar-refractivity contribution >= 4 is 70.4 Å². The first kappa shape index (κ1) is 52.9. The van der Waals surface area contributed by atoms with Crippen molar-refractivity contribution in [2.24, 2.45) is 47.3 Å². The third-order valence-corrected chi connectivity index (χ3v) is 14.8. The summed E-state index contributed by atoms with van der Waals surface area (Å²) in [6.07, 6.45) is 20.5. The molecule has 66 heavy (non-hydrogen) atoms. The summed E-state index contributed by atoms with van der Waals surface area (Å²) in [6, 6.07) is 0. The maximum absolute atomic E-state index is 14.4. The molecule has 3 aliphatic heterocycles. The number of fused-ring (bicyclic) bond motifs is 7. The summed E-state index contributed by atoms with van der Waals surface area (Å²) in [5, 5.41) is 8.72. The molecule has 4 aliphatic rings. The second-order valence-corrected chi connectivity index (χ2v) is 20.2. The Balaban J connectivity index is 0.00000817. The molecule has 2 aromatic rings. The summed E-state index contributed by atoms with van der Waals surface area (Å²) >= 11 is 0. The van der Waals surface area contributed by atoms with E-state index in [1.54, 1.807) is 6.92 Å². The van der Waals surface area contributed by atoms with E-state index < -0.39 is 11.9 Å². The number of allylic oxidation sites excluding steroid dienone is 5. The zero-order valence-electron chi connectivity index (χ0n) is 42.1. The topological polar surface area (TPSA) is 141 Å². The van der Waals surface area contributed by atoms with Gasteiger partial charge < -0.3 is 30.1 Å². The fraction of sp³-hybridized carbons (Fsp3) is 0.600. The third-order valence-electron chi connectivity index (χ3n) is 14.8. The summed E-state index contributed by atoms with van der Waals surface area (Å²) in [6.45, 7) is 23.4. The molecule has 0 radical (unpaired) electrons. The van der Waals surface area contributed by atoms with Gasteiger partial charge in [-0.3, -0.25) is 19.2 Å². The van der Waals surface area contributed by atoms with Crippen LogP contribution in [0, 0.1) is 61.2 Å². The minimum Gasteiger partial charge on any atom is -0.664 e. The van der Waals surface area contributed by atoms with Crippen molar-refractivity contribution < 1.29 is 28.7 Å². The molecule has 354 valence electrons. The fourth-order valence-electron chi connectivity index (χ4n) is 10.7. The van der Waals surface area contributed by atoms with E-state index in [2.05, 4.69) is 60.7 Å². The molecule has 10 nitrogen and oxygen atoms in total. The Kier molecular flexibility index (Phi) is 18.6. The number of carbonyl (C=O) groups excluding carboxylic acids is 4. The molecule has 1 N–H and O–H groups in total. The van der Waals surface area contributed by atoms with Crippen molar-refractivity contribution in [2.45, 2.75) is 153 Å². The van der Waals surface area contributed by atoms with Gasteiger partial charge in [-0.25, -0.2) is 0 Å². The summed E-state index contributed by atoms with van der Waals surface area (Å²) in [5.74, 6) is -0.645. The fourth-order valence-corrected chi connectivity index (χ4v) is 10.7. The number of hydrogen-bond acceptors (Lipinski definition) is 7. The zero-order chi connectivity index (χ0) is 47.3. The molecule has 7 atom stereocenters. The van der Waals surface area contributed by atoms with Gasteiger partial charge in [0, 0.05) is 40.8 Å². The Morgan fingerprint density at radius 3 is 2.08 bits per heavy atom. The van der Waals surface area contributed by atoms with E-state index in [9.17, 15) is 19.2 Å². The molecule has 0 aromatic carbocycles. The predicted octanol–water partition coefficient (Wildman–Crippen LogP) is 12.1. The van der Waals surface area contributed by atoms with E-state index in [4.69, 9.17) is 24.8 Å². The molecule has 1 aliphatic carbocycles. The number of methoxy groups -OCH3 is 1. The van der Waals surface area contributed by atoms with Gasteiger partial charge in [0.15, 0.2) is 11.6 Å². The van der Waals surface area contributed by atoms with Gasteiger partial charge in [-0.05, 0) is 88.2 Å². The summed E-state index contributed by atoms with van der Waals surface area (Å²) < 4.78 is 11.1. The molecule has 11 heteroatoms. The Hall–Kier alpha value is -4.09. The average molecular weight is 913 g/mol. The number of carbonyl (C=O) groups is 4. The number of aromatic nitrogens is 2. The van der Waals surface area contributed by atoms with E-state index in [-0.39, 0.29) is 77.3 Å². The van der Waals surface area contributed by atoms with Crippen LogP contribution in [0.25, 0.3) is 29.1 Å². The van der Waals surface area contributed by atoms with Gasteiger partial charge in [0.25, 0.3) is 0 Å². The second kappa shape index (κ2) is 23.3. The Morgan fingerprint density at radius 2 is 1.44 bits per heavy atom. The van der Waals surface area contributed by atoms with Crippen molar-refractivity contribution in [1.29, 1.82) is 0 Å². The Morgan fingerprint density at radius 1 is 0.803 bits per heavy atom. The molecule has 7 unspecified atom stereocenters. The molecule has 0 spiro atoms. The minimum atomic E-state index is -1.21. The molecule has 6 rings (SSSR count). The molecule has 0 amide bonds. The van der Waals surface area contributed by atoms with Crippen LogP contribution in [0.5, 0.6) is 0 Å². The largest absolute Gasteiger partial charge is 2.00 e. The average Bonchev–Trinajstić information content (AvgIpc) is 4.00. The van der Waals surface area contributed by atoms with Crippen molar-refractivity contribution in [3.05, 3.63) is 84.8 Å². The maximum atomic E-state index is 14.4. The predicted molar refractivity (Wildman–Crippen MR) is 266 cm³/mol. The van der Waals surface area contributed by atoms with Crippen molar-refractivity contribution in [1.82, 2.24) is 15.3 Å². The van der Waals surface area contributed by atoms with Gasteiger partial charge in [-0.1, -0.05) is 135 Å². The smallest absolute Gasteiger partial charge is 0.664 e. The molecule has 2 aromatic heterocycles. The molecular formula is C55H75MgN4O6-. The Bertz CT molecular complexity index is 2280. The van der Waals surface area contributed by atoms with Gasteiger partial charge in [-0.2, -0.15) is 11.4 Å². The normalized spacial score (nSPS) is 25.5. The molecule has 8 bridgehead atoms. The number of ether oxygens (including phenoxy) is 2. The van der Waals surface area contributed by atoms with Crippen LogP contribution in [0.4, 0.5) is 0 Å². The first-order valence-electron chi connectivity index (χ1n) is 24.6. The number of esters is 2. The van der Waals surface area contributed by atoms with Gasteiger partial charge in [0.2, 0.25) is 0 Å². The first-order valence-corrected chi connectivity index (χ1v) is 24.6. The van der Waals surface area contributed by atoms with E-state index in [0.29, 0.717) is 63.1 Å². The minimum absolute atomic E-state index is 0. The van der Waals surface area contributed by atoms with Crippen molar-refractivity contribution in [3.63, 3.8) is 0 Å². The van der Waals surface area contributed by atoms with Crippen LogP contribution in [-0.2, 0) is 19.1 Å². The number of ketones is 2. The molecule has 2 fully saturated rings. The van der Waals surface area contributed by atoms with E-state index in [1.807, 2.05) is 38.2 Å². The summed E-state index contributed by atoms with van der Waals surface area (Å²) in [7, 11) is 1.29. The van der Waals surface area contributed by atoms with Crippen molar-refractivity contribution in [2.75, 3.05) is 13.7 Å². The third kappa shape index (κ3) is 11.8. The van der Waals surface area contributed by atoms with Crippen molar-refractivity contribution in [3.8, 4) is 0 Å². The number of rotatable bonds is 20. The number of nitrogens with one attached hydrogen (secondary N) is 1. The summed E-state index contributed by atoms with van der Waals surface area (Å²) in [4.78, 5) is 64.8. The summed E-state index contributed by atoms with van der Waals surface area (Å²) in [5.41, 5.74) is 9.59. The van der Waals surface area contributed by atoms with Crippen LogP contribution in [0.1, 0.15) is 194 Å². The van der Waals surface area contributed by atoms with Crippen LogP contribution in [0.15, 0.2) is 34.4 Å². The number of Topliss-reactive ketones (excluding diaryl/α,β-unsaturated/α-hetero) is 2. The van der Waals surface area contributed by atoms with Gasteiger partial charge >= 0.3 is 35.0 Å². The molecule has 2 saturated heterocycles.